The predicted octanol–water partition coefficient (Wildman–Crippen LogP) is -2.91. The topological polar surface area (TPSA) is 136 Å². The molecule has 0 aromatic carbocycles. The van der Waals surface area contributed by atoms with E-state index in [1.54, 1.807) is 0 Å². The van der Waals surface area contributed by atoms with Crippen LogP contribution in [0.2, 0.25) is 0 Å². The number of carbonyl (C=O) groups excluding carboxylic acids is 1. The van der Waals surface area contributed by atoms with Crippen LogP contribution in [0, 0.1) is 0 Å². The predicted molar refractivity (Wildman–Crippen MR) is 51.8 cm³/mol. The summed E-state index contributed by atoms with van der Waals surface area (Å²) < 4.78 is 5.17. The molecule has 0 unspecified atom stereocenters. The van der Waals surface area contributed by atoms with Crippen molar-refractivity contribution in [2.24, 2.45) is 5.73 Å². The smallest absolute Gasteiger partial charge is 0.217 e. The Morgan fingerprint density at radius 2 is 2.27 bits per heavy atom. The normalized spacial score (nSPS) is 35.5. The monoisotopic (exact) mass is 222 g/mol. The van der Waals surface area contributed by atoms with Crippen LogP contribution in [0.1, 0.15) is 13.3 Å². The molecular weight excluding hydrogens is 204 g/mol. The Labute approximate surface area is 87.5 Å². The van der Waals surface area contributed by atoms with Gasteiger partial charge in [-0.3, -0.25) is 4.79 Å². The molecule has 0 bridgehead atoms. The van der Waals surface area contributed by atoms with Crippen molar-refractivity contribution >= 4 is 5.91 Å². The second kappa shape index (κ2) is 5.99. The van der Waals surface area contributed by atoms with Gasteiger partial charge in [-0.2, -0.15) is 0 Å². The number of carbonyl (C=O) groups is 1. The van der Waals surface area contributed by atoms with Gasteiger partial charge in [-0.1, -0.05) is 0 Å². The van der Waals surface area contributed by atoms with Gasteiger partial charge in [-0.15, -0.1) is 0 Å². The van der Waals surface area contributed by atoms with E-state index in [-0.39, 0.29) is 24.4 Å². The van der Waals surface area contributed by atoms with Gasteiger partial charge in [0.05, 0.1) is 24.9 Å². The van der Waals surface area contributed by atoms with Crippen LogP contribution in [-0.2, 0) is 9.53 Å². The molecule has 1 rings (SSSR count). The standard InChI is InChI=1S/C8H16N2O4.H2O/c1-4(12)10-7-6(13)2-5(3-11)14-8(7)9;/h5-8,11,13H,2-3,9H2,1H3,(H,10,12);1H2/t5-,6-,7+,8+;/m0./s1. The molecule has 1 amide bonds. The van der Waals surface area contributed by atoms with Crippen LogP contribution in [0.15, 0.2) is 0 Å². The Bertz CT molecular complexity index is 201. The van der Waals surface area contributed by atoms with Crippen molar-refractivity contribution in [1.29, 1.82) is 0 Å². The van der Waals surface area contributed by atoms with Gasteiger partial charge in [-0.05, 0) is 0 Å². The first-order valence-corrected chi connectivity index (χ1v) is 4.51. The molecule has 7 heteroatoms. The van der Waals surface area contributed by atoms with Gasteiger partial charge in [0.15, 0.2) is 0 Å². The third kappa shape index (κ3) is 3.73. The van der Waals surface area contributed by atoms with Crippen molar-refractivity contribution in [3.05, 3.63) is 0 Å². The van der Waals surface area contributed by atoms with Gasteiger partial charge in [0.25, 0.3) is 0 Å². The second-order valence-electron chi connectivity index (χ2n) is 3.43. The Morgan fingerprint density at radius 1 is 1.67 bits per heavy atom. The van der Waals surface area contributed by atoms with Crippen molar-refractivity contribution in [2.75, 3.05) is 6.61 Å². The van der Waals surface area contributed by atoms with Gasteiger partial charge in [0.2, 0.25) is 5.91 Å². The summed E-state index contributed by atoms with van der Waals surface area (Å²) in [4.78, 5) is 10.8. The summed E-state index contributed by atoms with van der Waals surface area (Å²) in [5.74, 6) is -0.268. The molecule has 0 saturated carbocycles. The first kappa shape index (κ1) is 14.3. The Hall–Kier alpha value is -0.730. The van der Waals surface area contributed by atoms with E-state index < -0.39 is 24.5 Å². The van der Waals surface area contributed by atoms with Gasteiger partial charge in [-0.25, -0.2) is 0 Å². The maximum Gasteiger partial charge on any atom is 0.217 e. The summed E-state index contributed by atoms with van der Waals surface area (Å²) >= 11 is 0. The van der Waals surface area contributed by atoms with Crippen molar-refractivity contribution in [3.63, 3.8) is 0 Å². The fourth-order valence-electron chi connectivity index (χ4n) is 1.53. The lowest BCUT2D eigenvalue weighted by Crippen LogP contribution is -2.60. The molecular formula is C8H18N2O5. The van der Waals surface area contributed by atoms with Gasteiger partial charge < -0.3 is 31.5 Å². The minimum Gasteiger partial charge on any atom is -0.412 e. The average Bonchev–Trinajstić information content (AvgIpc) is 2.10. The van der Waals surface area contributed by atoms with E-state index in [9.17, 15) is 9.90 Å². The SMILES string of the molecule is CC(=O)N[C@H]1[C@H](N)O[C@H](CO)C[C@@H]1O.O. The van der Waals surface area contributed by atoms with Crippen molar-refractivity contribution in [1.82, 2.24) is 5.32 Å². The average molecular weight is 222 g/mol. The van der Waals surface area contributed by atoms with Crippen LogP contribution in [-0.4, -0.2) is 52.7 Å². The lowest BCUT2D eigenvalue weighted by molar-refractivity contribution is -0.140. The van der Waals surface area contributed by atoms with E-state index in [2.05, 4.69) is 5.32 Å². The highest BCUT2D eigenvalue weighted by Crippen LogP contribution is 2.17. The fourth-order valence-corrected chi connectivity index (χ4v) is 1.53. The zero-order chi connectivity index (χ0) is 10.7. The summed E-state index contributed by atoms with van der Waals surface area (Å²) in [7, 11) is 0. The third-order valence-electron chi connectivity index (χ3n) is 2.20. The van der Waals surface area contributed by atoms with E-state index in [0.29, 0.717) is 0 Å². The van der Waals surface area contributed by atoms with Crippen molar-refractivity contribution in [2.45, 2.75) is 37.8 Å². The van der Waals surface area contributed by atoms with Crippen molar-refractivity contribution in [3.8, 4) is 0 Å². The second-order valence-corrected chi connectivity index (χ2v) is 3.43. The van der Waals surface area contributed by atoms with Crippen LogP contribution < -0.4 is 11.1 Å². The summed E-state index contributed by atoms with van der Waals surface area (Å²) in [6.45, 7) is 1.16. The quantitative estimate of drug-likeness (QED) is 0.397. The Balaban J connectivity index is 0.00000196. The van der Waals surface area contributed by atoms with Crippen LogP contribution >= 0.6 is 0 Å². The molecule has 7 nitrogen and oxygen atoms in total. The van der Waals surface area contributed by atoms with Gasteiger partial charge in [0, 0.05) is 13.3 Å². The maximum absolute atomic E-state index is 10.8. The Kier molecular flexibility index (Phi) is 5.69. The molecule has 1 fully saturated rings. The number of aliphatic hydroxyl groups is 2. The number of hydrogen-bond acceptors (Lipinski definition) is 5. The molecule has 15 heavy (non-hydrogen) atoms. The number of nitrogens with two attached hydrogens (primary N) is 1. The van der Waals surface area contributed by atoms with Gasteiger partial charge in [0.1, 0.15) is 6.23 Å². The highest BCUT2D eigenvalue weighted by molar-refractivity contribution is 5.73. The van der Waals surface area contributed by atoms with E-state index in [0.717, 1.165) is 0 Å². The molecule has 0 aromatic heterocycles. The summed E-state index contributed by atoms with van der Waals surface area (Å²) in [6, 6.07) is -0.602. The maximum atomic E-state index is 10.8. The molecule has 0 spiro atoms. The van der Waals surface area contributed by atoms with Gasteiger partial charge >= 0.3 is 0 Å². The number of nitrogens with one attached hydrogen (secondary N) is 1. The fraction of sp³-hybridized carbons (Fsp3) is 0.875. The molecule has 1 aliphatic rings. The first-order chi connectivity index (χ1) is 6.54. The lowest BCUT2D eigenvalue weighted by Gasteiger charge is -2.37. The summed E-state index contributed by atoms with van der Waals surface area (Å²) in [6.07, 6.45) is -1.74. The zero-order valence-corrected chi connectivity index (χ0v) is 8.51. The van der Waals surface area contributed by atoms with Crippen LogP contribution in [0.4, 0.5) is 0 Å². The van der Waals surface area contributed by atoms with E-state index in [1.165, 1.54) is 6.92 Å². The molecule has 1 aliphatic heterocycles. The van der Waals surface area contributed by atoms with E-state index in [1.807, 2.05) is 0 Å². The number of hydrogen-bond donors (Lipinski definition) is 4. The molecule has 1 heterocycles. The molecule has 0 aliphatic carbocycles. The minimum absolute atomic E-state index is 0. The van der Waals surface area contributed by atoms with Crippen LogP contribution in [0.3, 0.4) is 0 Å². The molecule has 7 N–H and O–H groups in total. The summed E-state index contributed by atoms with van der Waals surface area (Å²) in [5, 5.41) is 20.9. The molecule has 4 atom stereocenters. The molecule has 1 saturated heterocycles. The van der Waals surface area contributed by atoms with Crippen LogP contribution in [0.5, 0.6) is 0 Å². The minimum atomic E-state index is -0.778. The zero-order valence-electron chi connectivity index (χ0n) is 8.51. The lowest BCUT2D eigenvalue weighted by atomic mass is 9.99. The first-order valence-electron chi connectivity index (χ1n) is 4.51. The highest BCUT2D eigenvalue weighted by Gasteiger charge is 2.35. The largest absolute Gasteiger partial charge is 0.412 e. The number of ether oxygens (including phenoxy) is 1. The Morgan fingerprint density at radius 3 is 2.67 bits per heavy atom. The molecule has 90 valence electrons. The number of aliphatic hydroxyl groups excluding tert-OH is 2. The number of rotatable bonds is 2. The van der Waals surface area contributed by atoms with E-state index in [4.69, 9.17) is 15.6 Å². The van der Waals surface area contributed by atoms with E-state index >= 15 is 0 Å². The van der Waals surface area contributed by atoms with Crippen LogP contribution in [0.25, 0.3) is 0 Å². The summed E-state index contributed by atoms with van der Waals surface area (Å²) in [5.41, 5.74) is 5.58. The number of amides is 1. The highest BCUT2D eigenvalue weighted by atomic mass is 16.5. The molecule has 0 radical (unpaired) electrons. The third-order valence-corrected chi connectivity index (χ3v) is 2.20. The van der Waals surface area contributed by atoms with Crippen molar-refractivity contribution < 1.29 is 25.2 Å². The molecule has 0 aromatic rings.